The SMILES string of the molecule is FC(F)(F)Oc1ccc(SCl)cc1. The second-order valence-electron chi connectivity index (χ2n) is 2.10. The van der Waals surface area contributed by atoms with Crippen LogP contribution in [0.1, 0.15) is 0 Å². The Morgan fingerprint density at radius 1 is 1.15 bits per heavy atom. The van der Waals surface area contributed by atoms with Crippen molar-refractivity contribution in [2.45, 2.75) is 11.3 Å². The largest absolute Gasteiger partial charge is 0.573 e. The fourth-order valence-corrected chi connectivity index (χ4v) is 1.24. The lowest BCUT2D eigenvalue weighted by Gasteiger charge is -2.08. The molecule has 1 aromatic rings. The van der Waals surface area contributed by atoms with Crippen molar-refractivity contribution in [3.05, 3.63) is 24.3 Å². The maximum absolute atomic E-state index is 11.7. The molecule has 0 aromatic heterocycles. The van der Waals surface area contributed by atoms with Gasteiger partial charge < -0.3 is 4.74 Å². The van der Waals surface area contributed by atoms with Crippen molar-refractivity contribution in [1.82, 2.24) is 0 Å². The fraction of sp³-hybridized carbons (Fsp3) is 0.143. The summed E-state index contributed by atoms with van der Waals surface area (Å²) in [6, 6.07) is 5.30. The minimum absolute atomic E-state index is 0.248. The summed E-state index contributed by atoms with van der Waals surface area (Å²) in [5.41, 5.74) is 0. The molecule has 0 atom stereocenters. The summed E-state index contributed by atoms with van der Waals surface area (Å²) < 4.78 is 38.7. The lowest BCUT2D eigenvalue weighted by Crippen LogP contribution is -2.16. The van der Waals surface area contributed by atoms with Gasteiger partial charge in [-0.3, -0.25) is 0 Å². The van der Waals surface area contributed by atoms with Gasteiger partial charge in [-0.05, 0) is 45.9 Å². The van der Waals surface area contributed by atoms with E-state index in [1.807, 2.05) is 0 Å². The minimum atomic E-state index is -4.64. The minimum Gasteiger partial charge on any atom is -0.406 e. The maximum atomic E-state index is 11.7. The van der Waals surface area contributed by atoms with Crippen LogP contribution in [0.3, 0.4) is 0 Å². The zero-order valence-electron chi connectivity index (χ0n) is 6.14. The Bertz CT molecular complexity index is 272. The molecular formula is C7H4ClF3OS. The average molecular weight is 229 g/mol. The van der Waals surface area contributed by atoms with Crippen molar-refractivity contribution in [2.75, 3.05) is 0 Å². The van der Waals surface area contributed by atoms with Gasteiger partial charge in [0.05, 0.1) is 0 Å². The highest BCUT2D eigenvalue weighted by Gasteiger charge is 2.30. The smallest absolute Gasteiger partial charge is 0.406 e. The zero-order chi connectivity index (χ0) is 9.90. The highest BCUT2D eigenvalue weighted by molar-refractivity contribution is 8.21. The number of benzene rings is 1. The lowest BCUT2D eigenvalue weighted by molar-refractivity contribution is -0.274. The molecule has 1 rings (SSSR count). The molecule has 0 aliphatic heterocycles. The van der Waals surface area contributed by atoms with Gasteiger partial charge in [-0.15, -0.1) is 13.2 Å². The quantitative estimate of drug-likeness (QED) is 0.761. The highest BCUT2D eigenvalue weighted by atomic mass is 35.7. The van der Waals surface area contributed by atoms with Crippen LogP contribution in [0.5, 0.6) is 5.75 Å². The maximum Gasteiger partial charge on any atom is 0.573 e. The zero-order valence-corrected chi connectivity index (χ0v) is 7.71. The van der Waals surface area contributed by atoms with Crippen LogP contribution >= 0.6 is 21.7 Å². The predicted molar refractivity (Wildman–Crippen MR) is 44.8 cm³/mol. The van der Waals surface area contributed by atoms with E-state index >= 15 is 0 Å². The summed E-state index contributed by atoms with van der Waals surface area (Å²) in [5, 5.41) is 0. The third kappa shape index (κ3) is 3.78. The molecule has 0 aliphatic carbocycles. The molecule has 1 nitrogen and oxygen atoms in total. The molecule has 0 fully saturated rings. The number of hydrogen-bond donors (Lipinski definition) is 0. The van der Waals surface area contributed by atoms with Gasteiger partial charge in [-0.25, -0.2) is 0 Å². The Kier molecular flexibility index (Phi) is 3.33. The van der Waals surface area contributed by atoms with Gasteiger partial charge >= 0.3 is 6.36 Å². The fourth-order valence-electron chi connectivity index (χ4n) is 0.693. The first-order valence-electron chi connectivity index (χ1n) is 3.15. The van der Waals surface area contributed by atoms with Crippen molar-refractivity contribution in [2.24, 2.45) is 0 Å². The van der Waals surface area contributed by atoms with Crippen LogP contribution in [0.25, 0.3) is 0 Å². The van der Waals surface area contributed by atoms with Crippen molar-refractivity contribution >= 4 is 21.7 Å². The van der Waals surface area contributed by atoms with Crippen molar-refractivity contribution in [1.29, 1.82) is 0 Å². The number of halogens is 4. The highest BCUT2D eigenvalue weighted by Crippen LogP contribution is 2.27. The van der Waals surface area contributed by atoms with Crippen LogP contribution in [-0.4, -0.2) is 6.36 Å². The van der Waals surface area contributed by atoms with E-state index in [0.29, 0.717) is 4.90 Å². The van der Waals surface area contributed by atoms with Gasteiger partial charge in [0.1, 0.15) is 5.75 Å². The van der Waals surface area contributed by atoms with E-state index in [1.54, 1.807) is 0 Å². The molecule has 0 aliphatic rings. The molecule has 0 amide bonds. The molecule has 6 heteroatoms. The number of ether oxygens (including phenoxy) is 1. The number of rotatable bonds is 2. The van der Waals surface area contributed by atoms with E-state index in [0.717, 1.165) is 11.0 Å². The topological polar surface area (TPSA) is 9.23 Å². The second-order valence-corrected chi connectivity index (χ2v) is 3.18. The molecule has 0 N–H and O–H groups in total. The Labute approximate surface area is 81.3 Å². The van der Waals surface area contributed by atoms with Gasteiger partial charge in [0, 0.05) is 4.90 Å². The molecule has 72 valence electrons. The van der Waals surface area contributed by atoms with Gasteiger partial charge in [-0.2, -0.15) is 0 Å². The Hall–Kier alpha value is -0.550. The van der Waals surface area contributed by atoms with Gasteiger partial charge in [0.25, 0.3) is 0 Å². The van der Waals surface area contributed by atoms with E-state index < -0.39 is 6.36 Å². The van der Waals surface area contributed by atoms with E-state index in [-0.39, 0.29) is 5.75 Å². The molecule has 0 saturated heterocycles. The van der Waals surface area contributed by atoms with E-state index in [2.05, 4.69) is 4.74 Å². The molecule has 0 saturated carbocycles. The summed E-state index contributed by atoms with van der Waals surface area (Å²) in [6.45, 7) is 0. The monoisotopic (exact) mass is 228 g/mol. The Morgan fingerprint density at radius 3 is 2.08 bits per heavy atom. The van der Waals surface area contributed by atoms with Crippen LogP contribution in [0, 0.1) is 0 Å². The summed E-state index contributed by atoms with van der Waals surface area (Å²) in [7, 11) is 6.30. The second kappa shape index (κ2) is 4.11. The first-order valence-corrected chi connectivity index (χ1v) is 4.80. The summed E-state index contributed by atoms with van der Waals surface area (Å²) >= 11 is 0. The van der Waals surface area contributed by atoms with Gasteiger partial charge in [-0.1, -0.05) is 0 Å². The van der Waals surface area contributed by atoms with Crippen molar-refractivity contribution in [3.8, 4) is 5.75 Å². The van der Waals surface area contributed by atoms with Crippen LogP contribution in [-0.2, 0) is 0 Å². The predicted octanol–water partition coefficient (Wildman–Crippen LogP) is 3.83. The third-order valence-electron chi connectivity index (χ3n) is 1.15. The number of hydrogen-bond acceptors (Lipinski definition) is 2. The third-order valence-corrected chi connectivity index (χ3v) is 2.13. The van der Waals surface area contributed by atoms with Crippen molar-refractivity contribution < 1.29 is 17.9 Å². The van der Waals surface area contributed by atoms with E-state index in [9.17, 15) is 13.2 Å². The van der Waals surface area contributed by atoms with Crippen LogP contribution in [0.4, 0.5) is 13.2 Å². The Morgan fingerprint density at radius 2 is 1.69 bits per heavy atom. The summed E-state index contributed by atoms with van der Waals surface area (Å²) in [6.07, 6.45) is -4.64. The van der Waals surface area contributed by atoms with Crippen molar-refractivity contribution in [3.63, 3.8) is 0 Å². The molecule has 0 heterocycles. The van der Waals surface area contributed by atoms with Gasteiger partial charge in [0.15, 0.2) is 0 Å². The molecule has 0 unspecified atom stereocenters. The molecule has 0 radical (unpaired) electrons. The van der Waals surface area contributed by atoms with Crippen LogP contribution in [0.2, 0.25) is 0 Å². The molecular weight excluding hydrogens is 225 g/mol. The van der Waals surface area contributed by atoms with Crippen LogP contribution < -0.4 is 4.74 Å². The van der Waals surface area contributed by atoms with Gasteiger partial charge in [0.2, 0.25) is 0 Å². The first-order chi connectivity index (χ1) is 6.01. The summed E-state index contributed by atoms with van der Waals surface area (Å²) in [5.74, 6) is -0.248. The van der Waals surface area contributed by atoms with E-state index in [4.69, 9.17) is 10.7 Å². The lowest BCUT2D eigenvalue weighted by atomic mass is 10.3. The Balaban J connectivity index is 2.70. The molecule has 0 bridgehead atoms. The first kappa shape index (κ1) is 10.5. The normalized spacial score (nSPS) is 11.4. The summed E-state index contributed by atoms with van der Waals surface area (Å²) in [4.78, 5) is 0.663. The molecule has 13 heavy (non-hydrogen) atoms. The average Bonchev–Trinajstić information content (AvgIpc) is 2.03. The number of alkyl halides is 3. The van der Waals surface area contributed by atoms with Crippen LogP contribution in [0.15, 0.2) is 29.2 Å². The molecule has 0 spiro atoms. The molecule has 1 aromatic carbocycles. The van der Waals surface area contributed by atoms with E-state index in [1.165, 1.54) is 24.3 Å². The standard InChI is InChI=1S/C7H4ClF3OS/c8-13-6-3-1-5(2-4-6)12-7(9,10)11/h1-4H.